The topological polar surface area (TPSA) is 32.6 Å². The van der Waals surface area contributed by atoms with E-state index in [4.69, 9.17) is 0 Å². The van der Waals surface area contributed by atoms with E-state index in [0.717, 1.165) is 18.6 Å². The van der Waals surface area contributed by atoms with Crippen molar-refractivity contribution in [2.45, 2.75) is 59.1 Å². The molecule has 77 valence electrons. The first-order chi connectivity index (χ1) is 5.40. The van der Waals surface area contributed by atoms with Gasteiger partial charge >= 0.3 is 0 Å². The summed E-state index contributed by atoms with van der Waals surface area (Å²) in [5.74, 6) is 0. The maximum Gasteiger partial charge on any atom is 0.0991 e. The Labute approximate surface area is 114 Å². The van der Waals surface area contributed by atoms with E-state index in [9.17, 15) is 5.11 Å². The molecule has 0 saturated heterocycles. The van der Waals surface area contributed by atoms with Crippen LogP contribution < -0.4 is 0 Å². The zero-order chi connectivity index (χ0) is 9.78. The third-order valence-corrected chi connectivity index (χ3v) is 1.97. The molecule has 0 aliphatic heterocycles. The van der Waals surface area contributed by atoms with Gasteiger partial charge in [-0.2, -0.15) is 0 Å². The van der Waals surface area contributed by atoms with Gasteiger partial charge in [-0.1, -0.05) is 13.3 Å². The van der Waals surface area contributed by atoms with Gasteiger partial charge in [0.2, 0.25) is 0 Å². The van der Waals surface area contributed by atoms with Gasteiger partial charge in [0, 0.05) is 52.1 Å². The van der Waals surface area contributed by atoms with Crippen LogP contribution in [-0.2, 0) is 0 Å². The van der Waals surface area contributed by atoms with Gasteiger partial charge in [0.25, 0.3) is 0 Å². The van der Waals surface area contributed by atoms with E-state index >= 15 is 0 Å². The van der Waals surface area contributed by atoms with Crippen molar-refractivity contribution < 1.29 is 45.5 Å². The fourth-order valence-electron chi connectivity index (χ4n) is 1.19. The molecule has 1 unspecified atom stereocenters. The fourth-order valence-corrected chi connectivity index (χ4v) is 1.19. The van der Waals surface area contributed by atoms with Gasteiger partial charge in [-0.25, -0.2) is 0 Å². The van der Waals surface area contributed by atoms with Crippen molar-refractivity contribution in [3.05, 3.63) is 0 Å². The molecule has 0 heterocycles. The van der Waals surface area contributed by atoms with Crippen LogP contribution in [0.1, 0.15) is 47.5 Å². The first kappa shape index (κ1) is 16.4. The molecule has 0 aliphatic carbocycles. The van der Waals surface area contributed by atoms with Gasteiger partial charge in [-0.05, 0) is 34.1 Å². The van der Waals surface area contributed by atoms with E-state index in [2.05, 4.69) is 11.9 Å². The molecule has 0 aliphatic rings. The summed E-state index contributed by atoms with van der Waals surface area (Å²) in [5, 5.41) is 9.90. The monoisotopic (exact) mass is 316 g/mol. The Kier molecular flexibility index (Phi) is 9.19. The van der Waals surface area contributed by atoms with Crippen molar-refractivity contribution in [1.82, 2.24) is 0 Å². The van der Waals surface area contributed by atoms with E-state index in [0.29, 0.717) is 0 Å². The number of aliphatic imine (C=N–C) groups is 1. The standard InChI is InChI=1S/C10H21NO.Pm/c1-6-7-10(5,12)9(4)11-8(2)3;/h8,12H,6-7H2,1-5H3;. The van der Waals surface area contributed by atoms with Crippen LogP contribution in [0.25, 0.3) is 0 Å². The second-order valence-corrected chi connectivity index (χ2v) is 3.83. The summed E-state index contributed by atoms with van der Waals surface area (Å²) in [6.45, 7) is 9.83. The van der Waals surface area contributed by atoms with E-state index in [1.54, 1.807) is 0 Å². The molecule has 0 spiro atoms. The summed E-state index contributed by atoms with van der Waals surface area (Å²) in [5.41, 5.74) is 0.137. The molecule has 0 fully saturated rings. The van der Waals surface area contributed by atoms with Crippen LogP contribution in [-0.4, -0.2) is 22.5 Å². The van der Waals surface area contributed by atoms with Crippen molar-refractivity contribution in [1.29, 1.82) is 0 Å². The summed E-state index contributed by atoms with van der Waals surface area (Å²) >= 11 is 0. The maximum absolute atomic E-state index is 9.90. The minimum absolute atomic E-state index is 0. The molecule has 0 aromatic carbocycles. The van der Waals surface area contributed by atoms with Crippen molar-refractivity contribution in [2.75, 3.05) is 0 Å². The number of hydrogen-bond donors (Lipinski definition) is 1. The van der Waals surface area contributed by atoms with E-state index < -0.39 is 5.60 Å². The molecule has 1 N–H and O–H groups in total. The first-order valence-electron chi connectivity index (χ1n) is 4.67. The molecule has 0 rings (SSSR count). The Balaban J connectivity index is 0. The molecule has 1 radical (unpaired) electrons. The molecule has 13 heavy (non-hydrogen) atoms. The maximum atomic E-state index is 9.90. The van der Waals surface area contributed by atoms with Crippen molar-refractivity contribution in [2.24, 2.45) is 4.99 Å². The molecule has 0 amide bonds. The first-order valence-corrected chi connectivity index (χ1v) is 4.67. The normalized spacial score (nSPS) is 16.7. The Hall–Kier alpha value is 0.968. The van der Waals surface area contributed by atoms with Gasteiger partial charge in [-0.3, -0.25) is 4.99 Å². The Morgan fingerprint density at radius 3 is 2.23 bits per heavy atom. The predicted molar refractivity (Wildman–Crippen MR) is 53.8 cm³/mol. The summed E-state index contributed by atoms with van der Waals surface area (Å²) < 4.78 is 0. The van der Waals surface area contributed by atoms with Crippen LogP contribution in [0.5, 0.6) is 0 Å². The van der Waals surface area contributed by atoms with Crippen LogP contribution >= 0.6 is 0 Å². The van der Waals surface area contributed by atoms with Crippen molar-refractivity contribution in [3.63, 3.8) is 0 Å². The summed E-state index contributed by atoms with van der Waals surface area (Å²) in [4.78, 5) is 4.33. The largest absolute Gasteiger partial charge is 0.384 e. The second-order valence-electron chi connectivity index (χ2n) is 3.83. The van der Waals surface area contributed by atoms with Crippen LogP contribution in [0.2, 0.25) is 0 Å². The Morgan fingerprint density at radius 2 is 1.92 bits per heavy atom. The van der Waals surface area contributed by atoms with Gasteiger partial charge < -0.3 is 5.11 Å². The summed E-state index contributed by atoms with van der Waals surface area (Å²) in [6, 6.07) is 0.272. The molecule has 2 nitrogen and oxygen atoms in total. The minimum Gasteiger partial charge on any atom is -0.384 e. The number of nitrogens with zero attached hydrogens (tertiary/aromatic N) is 1. The van der Waals surface area contributed by atoms with E-state index in [1.807, 2.05) is 27.7 Å². The summed E-state index contributed by atoms with van der Waals surface area (Å²) in [6.07, 6.45) is 1.77. The number of aliphatic hydroxyl groups is 1. The van der Waals surface area contributed by atoms with E-state index in [1.165, 1.54) is 0 Å². The third-order valence-electron chi connectivity index (χ3n) is 1.97. The molecular formula is C10H21NOPm. The second kappa shape index (κ2) is 7.28. The number of rotatable bonds is 4. The molecule has 3 heteroatoms. The van der Waals surface area contributed by atoms with Crippen molar-refractivity contribution in [3.8, 4) is 0 Å². The molecular weight excluding hydrogens is 295 g/mol. The van der Waals surface area contributed by atoms with Crippen molar-refractivity contribution >= 4 is 5.71 Å². The Morgan fingerprint density at radius 1 is 1.46 bits per heavy atom. The molecule has 0 saturated carbocycles. The average Bonchev–Trinajstić information content (AvgIpc) is 1.85. The minimum atomic E-state index is -0.709. The molecule has 0 bridgehead atoms. The van der Waals surface area contributed by atoms with Crippen LogP contribution in [0.15, 0.2) is 4.99 Å². The molecule has 1 atom stereocenters. The van der Waals surface area contributed by atoms with E-state index in [-0.39, 0.29) is 46.4 Å². The molecule has 0 aromatic rings. The Bertz CT molecular complexity index is 164. The van der Waals surface area contributed by atoms with Gasteiger partial charge in [0.05, 0.1) is 5.60 Å². The van der Waals surface area contributed by atoms with Crippen LogP contribution in [0.3, 0.4) is 0 Å². The smallest absolute Gasteiger partial charge is 0.0991 e. The van der Waals surface area contributed by atoms with Gasteiger partial charge in [-0.15, -0.1) is 0 Å². The SMILES string of the molecule is CCCC(C)(O)C(C)=NC(C)C.[Pm]. The van der Waals surface area contributed by atoms with Gasteiger partial charge in [0.1, 0.15) is 0 Å². The average molecular weight is 316 g/mol. The van der Waals surface area contributed by atoms with Gasteiger partial charge in [0.15, 0.2) is 0 Å². The fraction of sp³-hybridized carbons (Fsp3) is 0.900. The number of hydrogen-bond acceptors (Lipinski definition) is 2. The van der Waals surface area contributed by atoms with Crippen LogP contribution in [0, 0.1) is 40.4 Å². The predicted octanol–water partition coefficient (Wildman–Crippen LogP) is 2.41. The zero-order valence-corrected chi connectivity index (χ0v) is 12.2. The molecule has 0 aromatic heterocycles. The quantitative estimate of drug-likeness (QED) is 0.794. The van der Waals surface area contributed by atoms with Crippen LogP contribution in [0.4, 0.5) is 0 Å². The zero-order valence-electron chi connectivity index (χ0n) is 9.33. The third kappa shape index (κ3) is 6.96. The summed E-state index contributed by atoms with van der Waals surface area (Å²) in [7, 11) is 0.